The number of ether oxygens (including phenoxy) is 4. The van der Waals surface area contributed by atoms with Crippen molar-refractivity contribution < 1.29 is 29.2 Å². The van der Waals surface area contributed by atoms with Crippen LogP contribution >= 0.6 is 0 Å². The van der Waals surface area contributed by atoms with Crippen LogP contribution in [0.1, 0.15) is 77.3 Å². The molecule has 2 fully saturated rings. The van der Waals surface area contributed by atoms with Crippen molar-refractivity contribution in [2.75, 3.05) is 40.2 Å². The Hall–Kier alpha value is -1.38. The van der Waals surface area contributed by atoms with E-state index in [1.54, 1.807) is 7.11 Å². The molecule has 0 aromatic heterocycles. The maximum absolute atomic E-state index is 12.4. The molecule has 7 heteroatoms. The van der Waals surface area contributed by atoms with E-state index in [1.807, 2.05) is 13.0 Å². The van der Waals surface area contributed by atoms with Crippen LogP contribution in [0.2, 0.25) is 0 Å². The molecule has 1 saturated heterocycles. The molecule has 204 valence electrons. The third-order valence-electron chi connectivity index (χ3n) is 8.95. The zero-order valence-electron chi connectivity index (χ0n) is 22.9. The Bertz CT molecular complexity index is 870. The van der Waals surface area contributed by atoms with Crippen LogP contribution < -0.4 is 4.74 Å². The summed E-state index contributed by atoms with van der Waals surface area (Å²) in [6, 6.07) is 3.93. The van der Waals surface area contributed by atoms with Gasteiger partial charge in [-0.2, -0.15) is 0 Å². The number of aromatic hydroxyl groups is 1. The van der Waals surface area contributed by atoms with Crippen molar-refractivity contribution in [2.45, 2.75) is 102 Å². The van der Waals surface area contributed by atoms with E-state index in [2.05, 4.69) is 31.7 Å². The van der Waals surface area contributed by atoms with Gasteiger partial charge >= 0.3 is 0 Å². The number of hydrogen-bond donors (Lipinski definition) is 2. The number of hydrogen-bond acceptors (Lipinski definition) is 7. The Morgan fingerprint density at radius 3 is 2.61 bits per heavy atom. The number of benzene rings is 1. The first-order valence-corrected chi connectivity index (χ1v) is 13.9. The molecule has 7 nitrogen and oxygen atoms in total. The molecule has 0 radical (unpaired) electrons. The Balaban J connectivity index is 1.70. The van der Waals surface area contributed by atoms with E-state index in [9.17, 15) is 10.2 Å². The second kappa shape index (κ2) is 11.6. The molecular formula is C29H47NO6. The van der Waals surface area contributed by atoms with Crippen LogP contribution in [0, 0.1) is 5.92 Å². The van der Waals surface area contributed by atoms with Gasteiger partial charge in [0, 0.05) is 30.7 Å². The van der Waals surface area contributed by atoms with Gasteiger partial charge in [0.2, 0.25) is 0 Å². The van der Waals surface area contributed by atoms with Gasteiger partial charge in [0.25, 0.3) is 0 Å². The van der Waals surface area contributed by atoms with Crippen molar-refractivity contribution in [3.63, 3.8) is 0 Å². The summed E-state index contributed by atoms with van der Waals surface area (Å²) in [6.07, 6.45) is 7.00. The van der Waals surface area contributed by atoms with Gasteiger partial charge in [-0.25, -0.2) is 0 Å². The molecule has 2 bridgehead atoms. The summed E-state index contributed by atoms with van der Waals surface area (Å²) in [5, 5.41) is 24.0. The highest BCUT2D eigenvalue weighted by Gasteiger charge is 2.62. The summed E-state index contributed by atoms with van der Waals surface area (Å²) in [7, 11) is 1.63. The second-order valence-corrected chi connectivity index (χ2v) is 11.5. The largest absolute Gasteiger partial charge is 0.504 e. The first kappa shape index (κ1) is 27.6. The molecule has 4 rings (SSSR count). The number of nitrogens with zero attached hydrogens (tertiary/aromatic N) is 1. The zero-order valence-corrected chi connectivity index (χ0v) is 22.9. The number of piperidine rings is 1. The normalized spacial score (nSPS) is 29.1. The lowest BCUT2D eigenvalue weighted by molar-refractivity contribution is -0.155. The predicted molar refractivity (Wildman–Crippen MR) is 140 cm³/mol. The number of phenols is 1. The minimum Gasteiger partial charge on any atom is -0.504 e. The van der Waals surface area contributed by atoms with Crippen LogP contribution in [0.15, 0.2) is 12.1 Å². The fourth-order valence-electron chi connectivity index (χ4n) is 6.77. The van der Waals surface area contributed by atoms with Gasteiger partial charge in [-0.15, -0.1) is 0 Å². The zero-order chi connectivity index (χ0) is 25.9. The SMILES string of the molecule is CCC(C[C@]12CCN(CC3CCC3)[C@H](Cc3ccc(OCOCCOC)c(O)c31)[C@@]2(C)O)OC(C)C. The third-order valence-corrected chi connectivity index (χ3v) is 8.95. The molecule has 1 unspecified atom stereocenters. The molecule has 0 amide bonds. The van der Waals surface area contributed by atoms with E-state index in [4.69, 9.17) is 18.9 Å². The Morgan fingerprint density at radius 1 is 1.19 bits per heavy atom. The quantitative estimate of drug-likeness (QED) is 0.304. The number of likely N-dealkylation sites (tertiary alicyclic amines) is 1. The topological polar surface area (TPSA) is 80.6 Å². The summed E-state index contributed by atoms with van der Waals surface area (Å²) in [5.74, 6) is 1.27. The van der Waals surface area contributed by atoms with E-state index in [1.165, 1.54) is 19.3 Å². The molecule has 2 N–H and O–H groups in total. The number of methoxy groups -OCH3 is 1. The smallest absolute Gasteiger partial charge is 0.189 e. The minimum atomic E-state index is -1.01. The van der Waals surface area contributed by atoms with E-state index in [-0.39, 0.29) is 30.8 Å². The molecule has 36 heavy (non-hydrogen) atoms. The predicted octanol–water partition coefficient (Wildman–Crippen LogP) is 4.40. The van der Waals surface area contributed by atoms with E-state index in [0.717, 1.165) is 49.4 Å². The Morgan fingerprint density at radius 2 is 1.97 bits per heavy atom. The van der Waals surface area contributed by atoms with Crippen molar-refractivity contribution in [1.82, 2.24) is 4.90 Å². The van der Waals surface area contributed by atoms with Crippen LogP contribution in [-0.2, 0) is 26.0 Å². The van der Waals surface area contributed by atoms with Crippen LogP contribution in [0.4, 0.5) is 0 Å². The van der Waals surface area contributed by atoms with Crippen molar-refractivity contribution in [3.8, 4) is 11.5 Å². The van der Waals surface area contributed by atoms with Gasteiger partial charge in [0.15, 0.2) is 18.3 Å². The lowest BCUT2D eigenvalue weighted by Gasteiger charge is -2.62. The average molecular weight is 506 g/mol. The molecule has 4 atom stereocenters. The van der Waals surface area contributed by atoms with E-state index < -0.39 is 11.0 Å². The molecule has 1 heterocycles. The number of aliphatic hydroxyl groups is 1. The van der Waals surface area contributed by atoms with Gasteiger partial charge in [-0.05, 0) is 83.4 Å². The third kappa shape index (κ3) is 5.28. The van der Waals surface area contributed by atoms with Gasteiger partial charge in [-0.3, -0.25) is 4.90 Å². The summed E-state index contributed by atoms with van der Waals surface area (Å²) >= 11 is 0. The molecular weight excluding hydrogens is 458 g/mol. The minimum absolute atomic E-state index is 0.0115. The maximum atomic E-state index is 12.4. The monoisotopic (exact) mass is 505 g/mol. The number of fused-ring (bicyclic) bond motifs is 4. The maximum Gasteiger partial charge on any atom is 0.189 e. The molecule has 3 aliphatic rings. The Kier molecular flexibility index (Phi) is 8.88. The van der Waals surface area contributed by atoms with Gasteiger partial charge < -0.3 is 29.2 Å². The summed E-state index contributed by atoms with van der Waals surface area (Å²) in [4.78, 5) is 2.53. The van der Waals surface area contributed by atoms with E-state index in [0.29, 0.717) is 25.4 Å². The molecule has 2 aliphatic carbocycles. The summed E-state index contributed by atoms with van der Waals surface area (Å²) in [5.41, 5.74) is 0.305. The molecule has 1 aromatic rings. The van der Waals surface area contributed by atoms with Crippen molar-refractivity contribution in [2.24, 2.45) is 5.92 Å². The molecule has 1 aliphatic heterocycles. The fourth-order valence-corrected chi connectivity index (χ4v) is 6.77. The number of phenolic OH excluding ortho intramolecular Hbond substituents is 1. The van der Waals surface area contributed by atoms with Crippen molar-refractivity contribution in [3.05, 3.63) is 23.3 Å². The highest BCUT2D eigenvalue weighted by Crippen LogP contribution is 2.58. The fraction of sp³-hybridized carbons (Fsp3) is 0.793. The lowest BCUT2D eigenvalue weighted by atomic mass is 9.53. The number of rotatable bonds is 13. The van der Waals surface area contributed by atoms with Crippen LogP contribution in [0.5, 0.6) is 11.5 Å². The first-order valence-electron chi connectivity index (χ1n) is 13.9. The summed E-state index contributed by atoms with van der Waals surface area (Å²) < 4.78 is 22.7. The first-order chi connectivity index (χ1) is 17.2. The highest BCUT2D eigenvalue weighted by atomic mass is 16.7. The van der Waals surface area contributed by atoms with Gasteiger partial charge in [0.1, 0.15) is 0 Å². The van der Waals surface area contributed by atoms with Crippen molar-refractivity contribution in [1.29, 1.82) is 0 Å². The van der Waals surface area contributed by atoms with Gasteiger partial charge in [-0.1, -0.05) is 19.4 Å². The standard InChI is InChI=1S/C29H47NO6/c1-6-23(36-20(2)3)17-29-12-13-30(18-21-8-7-9-21)25(28(29,4)32)16-22-10-11-24(27(31)26(22)29)35-19-34-15-14-33-5/h10-11,20-21,23,25,31-32H,6-9,12-19H2,1-5H3/t23?,25-,28-,29-/m1/s1. The molecule has 1 aromatic carbocycles. The highest BCUT2D eigenvalue weighted by molar-refractivity contribution is 5.57. The second-order valence-electron chi connectivity index (χ2n) is 11.5. The van der Waals surface area contributed by atoms with Gasteiger partial charge in [0.05, 0.1) is 31.0 Å². The van der Waals surface area contributed by atoms with Crippen LogP contribution in [0.25, 0.3) is 0 Å². The average Bonchev–Trinajstić information content (AvgIpc) is 2.79. The van der Waals surface area contributed by atoms with Crippen molar-refractivity contribution >= 4 is 0 Å². The van der Waals surface area contributed by atoms with Crippen LogP contribution in [0.3, 0.4) is 0 Å². The van der Waals surface area contributed by atoms with E-state index >= 15 is 0 Å². The Labute approximate surface area is 217 Å². The van der Waals surface area contributed by atoms with Crippen LogP contribution in [-0.4, -0.2) is 79.2 Å². The lowest BCUT2D eigenvalue weighted by Crippen LogP contribution is -2.71. The molecule has 1 saturated carbocycles. The summed E-state index contributed by atoms with van der Waals surface area (Å²) in [6.45, 7) is 11.2. The molecule has 0 spiro atoms.